The van der Waals surface area contributed by atoms with Crippen LogP contribution in [-0.2, 0) is 0 Å². The molecule has 0 bridgehead atoms. The second kappa shape index (κ2) is 11.7. The maximum absolute atomic E-state index is 4.44. The van der Waals surface area contributed by atoms with Crippen LogP contribution in [0.4, 0.5) is 5.69 Å². The molecular weight excluding hydrogens is 449 g/mol. The van der Waals surface area contributed by atoms with E-state index in [9.17, 15) is 0 Å². The van der Waals surface area contributed by atoms with E-state index in [-0.39, 0.29) is 24.0 Å². The molecule has 2 fully saturated rings. The molecule has 0 spiro atoms. The molecule has 3 rings (SSSR count). The highest BCUT2D eigenvalue weighted by Gasteiger charge is 2.24. The highest BCUT2D eigenvalue weighted by Crippen LogP contribution is 2.20. The molecular formula is C21H36IN5. The van der Waals surface area contributed by atoms with Crippen LogP contribution in [-0.4, -0.2) is 63.2 Å². The molecule has 1 unspecified atom stereocenters. The first-order valence-corrected chi connectivity index (χ1v) is 10.3. The van der Waals surface area contributed by atoms with Gasteiger partial charge in [-0.15, -0.1) is 24.0 Å². The molecule has 152 valence electrons. The topological polar surface area (TPSA) is 42.9 Å². The molecule has 2 heterocycles. The summed E-state index contributed by atoms with van der Waals surface area (Å²) in [6.45, 7) is 9.21. The summed E-state index contributed by atoms with van der Waals surface area (Å²) >= 11 is 0. The molecule has 1 atom stereocenters. The third-order valence-electron chi connectivity index (χ3n) is 5.68. The zero-order chi connectivity index (χ0) is 18.2. The molecule has 5 nitrogen and oxygen atoms in total. The van der Waals surface area contributed by atoms with Crippen molar-refractivity contribution in [2.45, 2.75) is 38.6 Å². The van der Waals surface area contributed by atoms with Gasteiger partial charge in [0.15, 0.2) is 5.96 Å². The zero-order valence-electron chi connectivity index (χ0n) is 16.9. The second-order valence-electron chi connectivity index (χ2n) is 7.65. The number of hydrogen-bond acceptors (Lipinski definition) is 3. The summed E-state index contributed by atoms with van der Waals surface area (Å²) in [6.07, 6.45) is 5.02. The fraction of sp³-hybridized carbons (Fsp3) is 0.667. The average Bonchev–Trinajstić information content (AvgIpc) is 3.16. The van der Waals surface area contributed by atoms with Crippen molar-refractivity contribution in [2.24, 2.45) is 10.9 Å². The molecule has 1 aromatic carbocycles. The lowest BCUT2D eigenvalue weighted by Crippen LogP contribution is -2.47. The molecule has 6 heteroatoms. The number of anilines is 1. The SMILES string of the molecule is CCCN1CCC(CNC(=NC)NC2CCN(c3ccccc3)C2)CC1.I. The Labute approximate surface area is 182 Å². The third-order valence-corrected chi connectivity index (χ3v) is 5.68. The highest BCUT2D eigenvalue weighted by atomic mass is 127. The molecule has 1 aromatic rings. The van der Waals surface area contributed by atoms with Gasteiger partial charge in [-0.05, 0) is 63.4 Å². The third kappa shape index (κ3) is 6.82. The van der Waals surface area contributed by atoms with Gasteiger partial charge in [0.1, 0.15) is 0 Å². The maximum Gasteiger partial charge on any atom is 0.191 e. The Kier molecular flexibility index (Phi) is 9.68. The summed E-state index contributed by atoms with van der Waals surface area (Å²) in [4.78, 5) is 9.49. The Morgan fingerprint density at radius 2 is 1.85 bits per heavy atom. The van der Waals surface area contributed by atoms with Gasteiger partial charge >= 0.3 is 0 Å². The van der Waals surface area contributed by atoms with Crippen molar-refractivity contribution in [1.82, 2.24) is 15.5 Å². The first-order chi connectivity index (χ1) is 12.8. The van der Waals surface area contributed by atoms with Crippen LogP contribution < -0.4 is 15.5 Å². The van der Waals surface area contributed by atoms with Crippen LogP contribution in [0.1, 0.15) is 32.6 Å². The van der Waals surface area contributed by atoms with E-state index in [1.807, 2.05) is 7.05 Å². The van der Waals surface area contributed by atoms with E-state index in [4.69, 9.17) is 0 Å². The van der Waals surface area contributed by atoms with Crippen LogP contribution in [0.5, 0.6) is 0 Å². The second-order valence-corrected chi connectivity index (χ2v) is 7.65. The quantitative estimate of drug-likeness (QED) is 0.369. The maximum atomic E-state index is 4.44. The smallest absolute Gasteiger partial charge is 0.191 e. The normalized spacial score (nSPS) is 21.8. The summed E-state index contributed by atoms with van der Waals surface area (Å²) in [6, 6.07) is 11.2. The van der Waals surface area contributed by atoms with Gasteiger partial charge in [0.05, 0.1) is 0 Å². The van der Waals surface area contributed by atoms with Crippen molar-refractivity contribution in [3.63, 3.8) is 0 Å². The van der Waals surface area contributed by atoms with E-state index < -0.39 is 0 Å². The van der Waals surface area contributed by atoms with Gasteiger partial charge in [-0.25, -0.2) is 0 Å². The number of rotatable bonds is 6. The van der Waals surface area contributed by atoms with Crippen molar-refractivity contribution < 1.29 is 0 Å². The Morgan fingerprint density at radius 3 is 2.52 bits per heavy atom. The van der Waals surface area contributed by atoms with Crippen molar-refractivity contribution >= 4 is 35.6 Å². The van der Waals surface area contributed by atoms with E-state index in [1.54, 1.807) is 0 Å². The van der Waals surface area contributed by atoms with Gasteiger partial charge in [0.25, 0.3) is 0 Å². The van der Waals surface area contributed by atoms with Gasteiger partial charge in [-0.1, -0.05) is 25.1 Å². The number of guanidine groups is 1. The van der Waals surface area contributed by atoms with Crippen LogP contribution in [0.15, 0.2) is 35.3 Å². The van der Waals surface area contributed by atoms with Crippen molar-refractivity contribution in [2.75, 3.05) is 51.2 Å². The van der Waals surface area contributed by atoms with Crippen molar-refractivity contribution in [1.29, 1.82) is 0 Å². The van der Waals surface area contributed by atoms with Gasteiger partial charge in [-0.2, -0.15) is 0 Å². The minimum Gasteiger partial charge on any atom is -0.369 e. The van der Waals surface area contributed by atoms with E-state index in [1.165, 1.54) is 44.6 Å². The van der Waals surface area contributed by atoms with Crippen LogP contribution in [0.2, 0.25) is 0 Å². The predicted octanol–water partition coefficient (Wildman–Crippen LogP) is 3.17. The predicted molar refractivity (Wildman–Crippen MR) is 126 cm³/mol. The molecule has 27 heavy (non-hydrogen) atoms. The van der Waals surface area contributed by atoms with Crippen molar-refractivity contribution in [3.8, 4) is 0 Å². The summed E-state index contributed by atoms with van der Waals surface area (Å²) < 4.78 is 0. The number of halogens is 1. The molecule has 0 amide bonds. The standard InChI is InChI=1S/C21H35N5.HI/c1-3-12-25-13-9-18(10-14-25)16-23-21(22-2)24-19-11-15-26(17-19)20-7-5-4-6-8-20;/h4-8,18-19H,3,9-17H2,1-2H3,(H2,22,23,24);1H. The van der Waals surface area contributed by atoms with E-state index in [2.05, 4.69) is 62.7 Å². The molecule has 0 aromatic heterocycles. The van der Waals surface area contributed by atoms with Gasteiger partial charge in [-0.3, -0.25) is 4.99 Å². The molecule has 2 saturated heterocycles. The number of likely N-dealkylation sites (tertiary alicyclic amines) is 1. The fourth-order valence-corrected chi connectivity index (χ4v) is 4.11. The van der Waals surface area contributed by atoms with Gasteiger partial charge < -0.3 is 20.4 Å². The minimum atomic E-state index is 0. The number of hydrogen-bond donors (Lipinski definition) is 2. The summed E-state index contributed by atoms with van der Waals surface area (Å²) in [5, 5.41) is 7.19. The van der Waals surface area contributed by atoms with Crippen LogP contribution >= 0.6 is 24.0 Å². The van der Waals surface area contributed by atoms with E-state index in [0.717, 1.165) is 37.9 Å². The van der Waals surface area contributed by atoms with E-state index >= 15 is 0 Å². The highest BCUT2D eigenvalue weighted by molar-refractivity contribution is 14.0. The number of piperidine rings is 1. The number of benzene rings is 1. The Morgan fingerprint density at radius 1 is 1.11 bits per heavy atom. The fourth-order valence-electron chi connectivity index (χ4n) is 4.11. The molecule has 0 aliphatic carbocycles. The van der Waals surface area contributed by atoms with Crippen LogP contribution in [0.3, 0.4) is 0 Å². The number of nitrogens with one attached hydrogen (secondary N) is 2. The first-order valence-electron chi connectivity index (χ1n) is 10.3. The summed E-state index contributed by atoms with van der Waals surface area (Å²) in [7, 11) is 1.88. The minimum absolute atomic E-state index is 0. The molecule has 2 aliphatic rings. The van der Waals surface area contributed by atoms with Crippen LogP contribution in [0, 0.1) is 5.92 Å². The monoisotopic (exact) mass is 485 g/mol. The van der Waals surface area contributed by atoms with Crippen LogP contribution in [0.25, 0.3) is 0 Å². The number of aliphatic imine (C=N–C) groups is 1. The Balaban J connectivity index is 0.00000261. The van der Waals surface area contributed by atoms with Crippen molar-refractivity contribution in [3.05, 3.63) is 30.3 Å². The van der Waals surface area contributed by atoms with Gasteiger partial charge in [0, 0.05) is 38.4 Å². The largest absolute Gasteiger partial charge is 0.369 e. The number of para-hydroxylation sites is 1. The zero-order valence-corrected chi connectivity index (χ0v) is 19.2. The molecule has 0 radical (unpaired) electrons. The lowest BCUT2D eigenvalue weighted by atomic mass is 9.97. The average molecular weight is 485 g/mol. The van der Waals surface area contributed by atoms with E-state index in [0.29, 0.717) is 6.04 Å². The van der Waals surface area contributed by atoms with Gasteiger partial charge in [0.2, 0.25) is 0 Å². The molecule has 2 N–H and O–H groups in total. The first kappa shape index (κ1) is 22.3. The molecule has 0 saturated carbocycles. The Bertz CT molecular complexity index is 557. The Hall–Kier alpha value is -1.02. The lowest BCUT2D eigenvalue weighted by Gasteiger charge is -2.32. The summed E-state index contributed by atoms with van der Waals surface area (Å²) in [5.41, 5.74) is 1.32. The lowest BCUT2D eigenvalue weighted by molar-refractivity contribution is 0.185. The summed E-state index contributed by atoms with van der Waals surface area (Å²) in [5.74, 6) is 1.73. The number of nitrogens with zero attached hydrogens (tertiary/aromatic N) is 3. The molecule has 2 aliphatic heterocycles.